The first kappa shape index (κ1) is 13.0. The Balaban J connectivity index is 2.41. The first-order valence-corrected chi connectivity index (χ1v) is 4.94. The van der Waals surface area contributed by atoms with Crippen LogP contribution in [0.5, 0.6) is 0 Å². The second kappa shape index (κ2) is 5.30. The van der Waals surface area contributed by atoms with E-state index in [0.717, 1.165) is 5.56 Å². The zero-order valence-corrected chi connectivity index (χ0v) is 8.81. The Morgan fingerprint density at radius 3 is 2.25 bits per heavy atom. The predicted molar refractivity (Wildman–Crippen MR) is 53.5 cm³/mol. The van der Waals surface area contributed by atoms with Crippen molar-refractivity contribution in [3.8, 4) is 0 Å². The quantitative estimate of drug-likeness (QED) is 0.788. The summed E-state index contributed by atoms with van der Waals surface area (Å²) in [5.41, 5.74) is 0.767. The van der Waals surface area contributed by atoms with Gasteiger partial charge in [-0.3, -0.25) is 0 Å². The Morgan fingerprint density at radius 1 is 1.19 bits per heavy atom. The molecule has 0 aliphatic carbocycles. The number of nitrogens with one attached hydrogen (secondary N) is 1. The average Bonchev–Trinajstić information content (AvgIpc) is 2.16. The SMILES string of the molecule is CC(NCCC(F)(F)F)c1ccc(F)cc1. The second-order valence-corrected chi connectivity index (χ2v) is 3.59. The van der Waals surface area contributed by atoms with Crippen LogP contribution in [-0.2, 0) is 0 Å². The Morgan fingerprint density at radius 2 is 1.75 bits per heavy atom. The van der Waals surface area contributed by atoms with E-state index in [0.29, 0.717) is 0 Å². The molecule has 16 heavy (non-hydrogen) atoms. The Kier molecular flexibility index (Phi) is 4.29. The van der Waals surface area contributed by atoms with Gasteiger partial charge in [0.1, 0.15) is 5.82 Å². The molecule has 5 heteroatoms. The molecule has 0 bridgehead atoms. The third-order valence-electron chi connectivity index (χ3n) is 2.23. The minimum atomic E-state index is -4.14. The summed E-state index contributed by atoms with van der Waals surface area (Å²) in [6.07, 6.45) is -5.01. The molecule has 1 N–H and O–H groups in total. The fourth-order valence-electron chi connectivity index (χ4n) is 1.30. The topological polar surface area (TPSA) is 12.0 Å². The van der Waals surface area contributed by atoms with E-state index >= 15 is 0 Å². The van der Waals surface area contributed by atoms with Crippen molar-refractivity contribution in [2.75, 3.05) is 6.54 Å². The zero-order chi connectivity index (χ0) is 12.2. The zero-order valence-electron chi connectivity index (χ0n) is 8.81. The molecule has 0 fully saturated rings. The summed E-state index contributed by atoms with van der Waals surface area (Å²) in [6, 6.07) is 5.47. The van der Waals surface area contributed by atoms with Crippen molar-refractivity contribution >= 4 is 0 Å². The van der Waals surface area contributed by atoms with Crippen molar-refractivity contribution in [1.82, 2.24) is 5.32 Å². The number of alkyl halides is 3. The molecule has 1 nitrogen and oxygen atoms in total. The van der Waals surface area contributed by atoms with Crippen LogP contribution in [0.4, 0.5) is 17.6 Å². The van der Waals surface area contributed by atoms with Gasteiger partial charge in [0.2, 0.25) is 0 Å². The molecule has 1 aromatic carbocycles. The van der Waals surface area contributed by atoms with Gasteiger partial charge in [-0.2, -0.15) is 13.2 Å². The largest absolute Gasteiger partial charge is 0.390 e. The third kappa shape index (κ3) is 4.61. The number of halogens is 4. The van der Waals surface area contributed by atoms with E-state index < -0.39 is 12.6 Å². The summed E-state index contributed by atoms with van der Waals surface area (Å²) in [5, 5.41) is 2.73. The molecule has 0 spiro atoms. The molecule has 0 aliphatic heterocycles. The summed E-state index contributed by atoms with van der Waals surface area (Å²) in [6.45, 7) is 1.60. The van der Waals surface area contributed by atoms with Crippen LogP contribution in [0.25, 0.3) is 0 Å². The molecular weight excluding hydrogens is 222 g/mol. The van der Waals surface area contributed by atoms with Gasteiger partial charge < -0.3 is 5.32 Å². The lowest BCUT2D eigenvalue weighted by Crippen LogP contribution is -2.24. The molecule has 1 aromatic rings. The normalized spacial score (nSPS) is 13.8. The van der Waals surface area contributed by atoms with Gasteiger partial charge >= 0.3 is 6.18 Å². The molecule has 0 aromatic heterocycles. The molecule has 0 saturated carbocycles. The smallest absolute Gasteiger partial charge is 0.310 e. The summed E-state index contributed by atoms with van der Waals surface area (Å²) in [4.78, 5) is 0. The van der Waals surface area contributed by atoms with Crippen LogP contribution in [0.2, 0.25) is 0 Å². The highest BCUT2D eigenvalue weighted by Crippen LogP contribution is 2.19. The lowest BCUT2D eigenvalue weighted by atomic mass is 10.1. The molecule has 90 valence electrons. The van der Waals surface area contributed by atoms with Crippen LogP contribution in [0, 0.1) is 5.82 Å². The van der Waals surface area contributed by atoms with E-state index in [4.69, 9.17) is 0 Å². The van der Waals surface area contributed by atoms with Crippen LogP contribution in [0.15, 0.2) is 24.3 Å². The summed E-state index contributed by atoms with van der Waals surface area (Å²) in [7, 11) is 0. The highest BCUT2D eigenvalue weighted by Gasteiger charge is 2.26. The van der Waals surface area contributed by atoms with Crippen LogP contribution in [0.3, 0.4) is 0 Å². The summed E-state index contributed by atoms with van der Waals surface area (Å²) < 4.78 is 48.2. The number of hydrogen-bond acceptors (Lipinski definition) is 1. The second-order valence-electron chi connectivity index (χ2n) is 3.59. The van der Waals surface area contributed by atoms with Gasteiger partial charge in [-0.1, -0.05) is 12.1 Å². The molecule has 1 atom stereocenters. The van der Waals surface area contributed by atoms with Gasteiger partial charge in [0.15, 0.2) is 0 Å². The van der Waals surface area contributed by atoms with Crippen molar-refractivity contribution in [1.29, 1.82) is 0 Å². The van der Waals surface area contributed by atoms with Crippen molar-refractivity contribution in [3.63, 3.8) is 0 Å². The molecule has 0 saturated heterocycles. The van der Waals surface area contributed by atoms with Gasteiger partial charge in [0.25, 0.3) is 0 Å². The molecule has 0 amide bonds. The van der Waals surface area contributed by atoms with Gasteiger partial charge in [-0.25, -0.2) is 4.39 Å². The molecule has 1 unspecified atom stereocenters. The Hall–Kier alpha value is -1.10. The summed E-state index contributed by atoms with van der Waals surface area (Å²) >= 11 is 0. The van der Waals surface area contributed by atoms with Crippen LogP contribution in [-0.4, -0.2) is 12.7 Å². The van der Waals surface area contributed by atoms with Crippen molar-refractivity contribution in [2.24, 2.45) is 0 Å². The third-order valence-corrected chi connectivity index (χ3v) is 2.23. The molecular formula is C11H13F4N. The number of hydrogen-bond donors (Lipinski definition) is 1. The van der Waals surface area contributed by atoms with Crippen LogP contribution >= 0.6 is 0 Å². The lowest BCUT2D eigenvalue weighted by Gasteiger charge is -2.15. The van der Waals surface area contributed by atoms with Crippen molar-refractivity contribution in [2.45, 2.75) is 25.6 Å². The highest BCUT2D eigenvalue weighted by molar-refractivity contribution is 5.19. The van der Waals surface area contributed by atoms with E-state index in [-0.39, 0.29) is 18.4 Å². The van der Waals surface area contributed by atoms with E-state index in [2.05, 4.69) is 5.32 Å². The first-order valence-electron chi connectivity index (χ1n) is 4.94. The van der Waals surface area contributed by atoms with Crippen molar-refractivity contribution in [3.05, 3.63) is 35.6 Å². The van der Waals surface area contributed by atoms with Crippen LogP contribution in [0.1, 0.15) is 24.9 Å². The van der Waals surface area contributed by atoms with E-state index in [1.54, 1.807) is 19.1 Å². The fraction of sp³-hybridized carbons (Fsp3) is 0.455. The number of benzene rings is 1. The maximum absolute atomic E-state index is 12.6. The summed E-state index contributed by atoms with van der Waals surface area (Å²) in [5.74, 6) is -0.355. The maximum Gasteiger partial charge on any atom is 0.390 e. The van der Waals surface area contributed by atoms with Crippen molar-refractivity contribution < 1.29 is 17.6 Å². The van der Waals surface area contributed by atoms with Gasteiger partial charge in [-0.05, 0) is 24.6 Å². The molecule has 0 heterocycles. The monoisotopic (exact) mass is 235 g/mol. The fourth-order valence-corrected chi connectivity index (χ4v) is 1.30. The first-order chi connectivity index (χ1) is 7.38. The van der Waals surface area contributed by atoms with Gasteiger partial charge in [0, 0.05) is 12.6 Å². The Labute approximate surface area is 91.5 Å². The standard InChI is InChI=1S/C11H13F4N/c1-8(16-7-6-11(13,14)15)9-2-4-10(12)5-3-9/h2-5,8,16H,6-7H2,1H3. The van der Waals surface area contributed by atoms with Gasteiger partial charge in [0.05, 0.1) is 6.42 Å². The lowest BCUT2D eigenvalue weighted by molar-refractivity contribution is -0.133. The average molecular weight is 235 g/mol. The molecule has 0 aliphatic rings. The maximum atomic E-state index is 12.6. The highest BCUT2D eigenvalue weighted by atomic mass is 19.4. The van der Waals surface area contributed by atoms with E-state index in [9.17, 15) is 17.6 Å². The van der Waals surface area contributed by atoms with Gasteiger partial charge in [-0.15, -0.1) is 0 Å². The molecule has 1 rings (SSSR count). The van der Waals surface area contributed by atoms with E-state index in [1.165, 1.54) is 12.1 Å². The molecule has 0 radical (unpaired) electrons. The Bertz CT molecular complexity index is 318. The minimum Gasteiger partial charge on any atom is -0.310 e. The minimum absolute atomic E-state index is 0.137. The number of rotatable bonds is 4. The van der Waals surface area contributed by atoms with Crippen LogP contribution < -0.4 is 5.32 Å². The van der Waals surface area contributed by atoms with E-state index in [1.807, 2.05) is 0 Å². The predicted octanol–water partition coefficient (Wildman–Crippen LogP) is 3.43.